The Balaban J connectivity index is 2.02. The van der Waals surface area contributed by atoms with Gasteiger partial charge in [0.25, 0.3) is 0 Å². The van der Waals surface area contributed by atoms with E-state index in [1.807, 2.05) is 60.7 Å². The Bertz CT molecular complexity index is 973. The number of halogens is 3. The third-order valence-electron chi connectivity index (χ3n) is 3.86. The molecule has 0 spiro atoms. The van der Waals surface area contributed by atoms with Gasteiger partial charge in [0.15, 0.2) is 0 Å². The monoisotopic (exact) mass is 447 g/mol. The Morgan fingerprint density at radius 1 is 0.714 bits per heavy atom. The lowest BCUT2D eigenvalue weighted by atomic mass is 10.2. The van der Waals surface area contributed by atoms with Gasteiger partial charge in [-0.25, -0.2) is 0 Å². The van der Waals surface area contributed by atoms with Gasteiger partial charge in [-0.1, -0.05) is 95.5 Å². The summed E-state index contributed by atoms with van der Waals surface area (Å²) in [5.74, 6) is 3.04. The van der Waals surface area contributed by atoms with Crippen LogP contribution in [0.4, 0.5) is 5.69 Å². The van der Waals surface area contributed by atoms with Crippen LogP contribution in [0.15, 0.2) is 96.6 Å². The molecule has 3 aromatic rings. The molecule has 0 amide bonds. The maximum atomic E-state index is 13.8. The van der Waals surface area contributed by atoms with Gasteiger partial charge in [-0.2, -0.15) is 0 Å². The molecule has 0 saturated heterocycles. The molecule has 0 aromatic heterocycles. The summed E-state index contributed by atoms with van der Waals surface area (Å²) in [6.07, 6.45) is 0. The normalized spacial score (nSPS) is 14.4. The molecule has 6 heteroatoms. The minimum atomic E-state index is -3.28. The molecule has 0 aliphatic carbocycles. The van der Waals surface area contributed by atoms with Crippen molar-refractivity contribution in [1.29, 1.82) is 0 Å². The molecule has 0 radical (unpaired) electrons. The summed E-state index contributed by atoms with van der Waals surface area (Å²) in [5, 5.41) is 4.40. The van der Waals surface area contributed by atoms with Crippen molar-refractivity contribution < 1.29 is 4.57 Å². The van der Waals surface area contributed by atoms with E-state index in [4.69, 9.17) is 34.8 Å². The van der Waals surface area contributed by atoms with Gasteiger partial charge in [0.05, 0.1) is 10.1 Å². The third kappa shape index (κ3) is 5.77. The topological polar surface area (TPSA) is 29.1 Å². The Labute approximate surface area is 179 Å². The molecule has 3 rings (SSSR count). The van der Waals surface area contributed by atoms with E-state index in [1.165, 1.54) is 11.6 Å². The molecule has 3 aromatic carbocycles. The van der Waals surface area contributed by atoms with Crippen molar-refractivity contribution in [2.24, 2.45) is 0 Å². The Morgan fingerprint density at radius 2 is 1.14 bits per heavy atom. The summed E-state index contributed by atoms with van der Waals surface area (Å²) in [7, 11) is -3.28. The highest BCUT2D eigenvalue weighted by Gasteiger charge is 2.19. The smallest absolute Gasteiger partial charge is 0.216 e. The fraction of sp³-hybridized carbons (Fsp3) is 0. The number of rotatable bonds is 6. The number of nitrogens with one attached hydrogen (secondary N) is 1. The summed E-state index contributed by atoms with van der Waals surface area (Å²) < 4.78 is 13.8. The van der Waals surface area contributed by atoms with Crippen molar-refractivity contribution in [3.05, 3.63) is 113 Å². The molecule has 1 unspecified atom stereocenters. The second-order valence-corrected chi connectivity index (χ2v) is 9.42. The highest BCUT2D eigenvalue weighted by Crippen LogP contribution is 2.53. The molecule has 1 N–H and O–H groups in total. The average Bonchev–Trinajstić information content (AvgIpc) is 2.71. The standard InChI is InChI=1S/C22H17Cl3NOP/c23-19-11-13-20(14-12-19)26-28(27,15-21(24)17-7-3-1-4-8-17)16-22(25)18-9-5-2-6-10-18/h1-16H,(H,26,27)/b21-15-,22-16+. The van der Waals surface area contributed by atoms with Crippen LogP contribution >= 0.6 is 42.1 Å². The minimum Gasteiger partial charge on any atom is -0.330 e. The highest BCUT2D eigenvalue weighted by atomic mass is 35.5. The van der Waals surface area contributed by atoms with Crippen LogP contribution in [0, 0.1) is 0 Å². The quantitative estimate of drug-likeness (QED) is 0.383. The number of hydrogen-bond acceptors (Lipinski definition) is 1. The van der Waals surface area contributed by atoms with Gasteiger partial charge < -0.3 is 5.09 Å². The van der Waals surface area contributed by atoms with E-state index in [0.29, 0.717) is 20.8 Å². The van der Waals surface area contributed by atoms with Crippen LogP contribution < -0.4 is 5.09 Å². The van der Waals surface area contributed by atoms with E-state index in [2.05, 4.69) is 5.09 Å². The molecular formula is C22H17Cl3NOP. The van der Waals surface area contributed by atoms with Gasteiger partial charge in [0.1, 0.15) is 0 Å². The summed E-state index contributed by atoms with van der Waals surface area (Å²) in [4.78, 5) is 0. The Kier molecular flexibility index (Phi) is 7.04. The van der Waals surface area contributed by atoms with E-state index >= 15 is 0 Å². The third-order valence-corrected chi connectivity index (χ3v) is 6.96. The second-order valence-electron chi connectivity index (χ2n) is 6.01. The largest absolute Gasteiger partial charge is 0.330 e. The molecule has 2 nitrogen and oxygen atoms in total. The van der Waals surface area contributed by atoms with Crippen molar-refractivity contribution in [3.8, 4) is 0 Å². The second kappa shape index (κ2) is 9.49. The summed E-state index contributed by atoms with van der Waals surface area (Å²) in [5.41, 5.74) is 2.19. The highest BCUT2D eigenvalue weighted by molar-refractivity contribution is 7.72. The van der Waals surface area contributed by atoms with Crippen LogP contribution in [0.1, 0.15) is 11.1 Å². The van der Waals surface area contributed by atoms with Crippen molar-refractivity contribution in [2.75, 3.05) is 5.09 Å². The van der Waals surface area contributed by atoms with E-state index in [9.17, 15) is 4.57 Å². The fourth-order valence-electron chi connectivity index (χ4n) is 2.51. The zero-order valence-electron chi connectivity index (χ0n) is 14.7. The zero-order chi connectivity index (χ0) is 20.0. The molecule has 28 heavy (non-hydrogen) atoms. The lowest BCUT2D eigenvalue weighted by Crippen LogP contribution is -1.94. The van der Waals surface area contributed by atoms with E-state index in [0.717, 1.165) is 11.1 Å². The predicted octanol–water partition coefficient (Wildman–Crippen LogP) is 8.50. The Morgan fingerprint density at radius 3 is 1.57 bits per heavy atom. The summed E-state index contributed by atoms with van der Waals surface area (Å²) >= 11 is 18.9. The first-order valence-electron chi connectivity index (χ1n) is 8.46. The van der Waals surface area contributed by atoms with Crippen LogP contribution in [0.5, 0.6) is 0 Å². The molecule has 0 heterocycles. The molecular weight excluding hydrogens is 432 g/mol. The van der Waals surface area contributed by atoms with Crippen LogP contribution in [-0.2, 0) is 4.57 Å². The van der Waals surface area contributed by atoms with E-state index < -0.39 is 7.29 Å². The number of benzene rings is 3. The van der Waals surface area contributed by atoms with Crippen LogP contribution in [0.2, 0.25) is 5.02 Å². The minimum absolute atomic E-state index is 0.374. The maximum absolute atomic E-state index is 13.8. The zero-order valence-corrected chi connectivity index (χ0v) is 17.9. The van der Waals surface area contributed by atoms with Crippen molar-refractivity contribution >= 4 is 57.8 Å². The Hall–Kier alpha value is -1.96. The first-order valence-corrected chi connectivity index (χ1v) is 11.4. The summed E-state index contributed by atoms with van der Waals surface area (Å²) in [6.45, 7) is 0. The van der Waals surface area contributed by atoms with Gasteiger partial charge in [-0.05, 0) is 35.4 Å². The molecule has 142 valence electrons. The molecule has 0 bridgehead atoms. The van der Waals surface area contributed by atoms with E-state index in [-0.39, 0.29) is 0 Å². The molecule has 0 saturated carbocycles. The van der Waals surface area contributed by atoms with Crippen molar-refractivity contribution in [2.45, 2.75) is 0 Å². The van der Waals surface area contributed by atoms with Crippen LogP contribution in [0.3, 0.4) is 0 Å². The fourth-order valence-corrected chi connectivity index (χ4v) is 5.48. The van der Waals surface area contributed by atoms with Crippen LogP contribution in [-0.4, -0.2) is 0 Å². The van der Waals surface area contributed by atoms with Crippen molar-refractivity contribution in [1.82, 2.24) is 0 Å². The lowest BCUT2D eigenvalue weighted by Gasteiger charge is -2.16. The first kappa shape index (κ1) is 20.8. The van der Waals surface area contributed by atoms with Crippen LogP contribution in [0.25, 0.3) is 10.1 Å². The van der Waals surface area contributed by atoms with E-state index in [1.54, 1.807) is 24.3 Å². The summed E-state index contributed by atoms with van der Waals surface area (Å²) in [6, 6.07) is 25.6. The van der Waals surface area contributed by atoms with Gasteiger partial charge in [-0.3, -0.25) is 4.57 Å². The van der Waals surface area contributed by atoms with Gasteiger partial charge in [0.2, 0.25) is 7.29 Å². The molecule has 1 atom stereocenters. The first-order chi connectivity index (χ1) is 13.5. The lowest BCUT2D eigenvalue weighted by molar-refractivity contribution is 0.589. The SMILES string of the molecule is O=P(/C=C(\Cl)c1ccccc1)(/C=C(/Cl)c1ccccc1)Nc1ccc(Cl)cc1. The predicted molar refractivity (Wildman–Crippen MR) is 123 cm³/mol. The van der Waals surface area contributed by atoms with Crippen molar-refractivity contribution in [3.63, 3.8) is 0 Å². The van der Waals surface area contributed by atoms with Gasteiger partial charge in [0, 0.05) is 22.3 Å². The average molecular weight is 449 g/mol. The number of anilines is 1. The maximum Gasteiger partial charge on any atom is 0.216 e. The van der Waals surface area contributed by atoms with Gasteiger partial charge in [-0.15, -0.1) is 0 Å². The number of hydrogen-bond donors (Lipinski definition) is 1. The molecule has 0 fully saturated rings. The molecule has 0 aliphatic rings. The molecule has 0 aliphatic heterocycles. The van der Waals surface area contributed by atoms with Gasteiger partial charge >= 0.3 is 0 Å².